The highest BCUT2D eigenvalue weighted by molar-refractivity contribution is 5.70. The van der Waals surface area contributed by atoms with E-state index >= 15 is 0 Å². The van der Waals surface area contributed by atoms with Crippen LogP contribution in [-0.4, -0.2) is 12.2 Å². The highest BCUT2D eigenvalue weighted by Crippen LogP contribution is 2.26. The molecule has 0 aromatic heterocycles. The van der Waals surface area contributed by atoms with Gasteiger partial charge in [-0.3, -0.25) is 0 Å². The van der Waals surface area contributed by atoms with E-state index in [-0.39, 0.29) is 6.10 Å². The summed E-state index contributed by atoms with van der Waals surface area (Å²) >= 11 is 0. The van der Waals surface area contributed by atoms with E-state index in [1.54, 1.807) is 12.1 Å². The van der Waals surface area contributed by atoms with Crippen molar-refractivity contribution in [3.8, 4) is 22.6 Å². The van der Waals surface area contributed by atoms with Gasteiger partial charge < -0.3 is 15.2 Å². The van der Waals surface area contributed by atoms with E-state index in [2.05, 4.69) is 0 Å². The van der Waals surface area contributed by atoms with Crippen molar-refractivity contribution < 1.29 is 14.3 Å². The van der Waals surface area contributed by atoms with Crippen molar-refractivity contribution in [1.82, 2.24) is 0 Å². The molecule has 0 bridgehead atoms. The Labute approximate surface area is 118 Å². The van der Waals surface area contributed by atoms with Crippen molar-refractivity contribution in [3.63, 3.8) is 0 Å². The van der Waals surface area contributed by atoms with Crippen LogP contribution in [0.2, 0.25) is 0 Å². The molecule has 0 aliphatic carbocycles. The van der Waals surface area contributed by atoms with Gasteiger partial charge in [-0.1, -0.05) is 24.3 Å². The number of hydrogen-bond acceptors (Lipinski definition) is 3. The average molecular weight is 271 g/mol. The Kier molecular flexibility index (Phi) is 4.25. The van der Waals surface area contributed by atoms with E-state index in [0.717, 1.165) is 16.9 Å². The van der Waals surface area contributed by atoms with Gasteiger partial charge >= 0.3 is 6.09 Å². The molecular formula is C16H17NO3. The van der Waals surface area contributed by atoms with Gasteiger partial charge in [0, 0.05) is 0 Å². The van der Waals surface area contributed by atoms with Crippen molar-refractivity contribution in [2.75, 3.05) is 0 Å². The quantitative estimate of drug-likeness (QED) is 0.924. The molecule has 0 atom stereocenters. The van der Waals surface area contributed by atoms with Gasteiger partial charge in [0.05, 0.1) is 6.10 Å². The van der Waals surface area contributed by atoms with Crippen LogP contribution in [0.5, 0.6) is 11.5 Å². The molecular weight excluding hydrogens is 254 g/mol. The Bertz CT molecular complexity index is 591. The van der Waals surface area contributed by atoms with Gasteiger partial charge in [-0.15, -0.1) is 0 Å². The molecule has 0 fully saturated rings. The lowest BCUT2D eigenvalue weighted by Crippen LogP contribution is -2.16. The number of rotatable bonds is 4. The SMILES string of the molecule is CC(C)Oc1ccc(-c2cccc(OC(N)=O)c2)cc1. The maximum atomic E-state index is 10.7. The van der Waals surface area contributed by atoms with Crippen molar-refractivity contribution >= 4 is 6.09 Å². The summed E-state index contributed by atoms with van der Waals surface area (Å²) in [5.41, 5.74) is 6.96. The number of amides is 1. The van der Waals surface area contributed by atoms with Crippen LogP contribution in [0.3, 0.4) is 0 Å². The third kappa shape index (κ3) is 3.75. The van der Waals surface area contributed by atoms with Crippen LogP contribution < -0.4 is 15.2 Å². The second-order valence-electron chi connectivity index (χ2n) is 4.64. The number of carbonyl (C=O) groups excluding carboxylic acids is 1. The Morgan fingerprint density at radius 1 is 1.00 bits per heavy atom. The molecule has 2 aromatic carbocycles. The maximum absolute atomic E-state index is 10.7. The molecule has 104 valence electrons. The first-order valence-electron chi connectivity index (χ1n) is 6.39. The molecule has 0 saturated heterocycles. The minimum Gasteiger partial charge on any atom is -0.491 e. The van der Waals surface area contributed by atoms with Crippen molar-refractivity contribution in [2.45, 2.75) is 20.0 Å². The number of hydrogen-bond donors (Lipinski definition) is 1. The second kappa shape index (κ2) is 6.10. The summed E-state index contributed by atoms with van der Waals surface area (Å²) in [5.74, 6) is 1.26. The lowest BCUT2D eigenvalue weighted by molar-refractivity contribution is 0.211. The van der Waals surface area contributed by atoms with E-state index in [1.807, 2.05) is 50.2 Å². The predicted octanol–water partition coefficient (Wildman–Crippen LogP) is 3.60. The summed E-state index contributed by atoms with van der Waals surface area (Å²) in [5, 5.41) is 0. The number of carbonyl (C=O) groups is 1. The molecule has 2 aromatic rings. The molecule has 0 aliphatic heterocycles. The van der Waals surface area contributed by atoms with E-state index in [1.165, 1.54) is 0 Å². The summed E-state index contributed by atoms with van der Waals surface area (Å²) < 4.78 is 10.5. The molecule has 4 heteroatoms. The maximum Gasteiger partial charge on any atom is 0.409 e. The van der Waals surface area contributed by atoms with Crippen molar-refractivity contribution in [1.29, 1.82) is 0 Å². The van der Waals surface area contributed by atoms with Crippen LogP contribution in [0.25, 0.3) is 11.1 Å². The molecule has 4 nitrogen and oxygen atoms in total. The van der Waals surface area contributed by atoms with Gasteiger partial charge in [0.2, 0.25) is 0 Å². The van der Waals surface area contributed by atoms with Crippen LogP contribution in [0.15, 0.2) is 48.5 Å². The van der Waals surface area contributed by atoms with Crippen LogP contribution in [0.1, 0.15) is 13.8 Å². The zero-order valence-electron chi connectivity index (χ0n) is 11.5. The molecule has 0 spiro atoms. The summed E-state index contributed by atoms with van der Waals surface area (Å²) in [4.78, 5) is 10.7. The highest BCUT2D eigenvalue weighted by Gasteiger charge is 2.03. The van der Waals surface area contributed by atoms with E-state index in [9.17, 15) is 4.79 Å². The minimum atomic E-state index is -0.817. The summed E-state index contributed by atoms with van der Waals surface area (Å²) in [7, 11) is 0. The van der Waals surface area contributed by atoms with E-state index < -0.39 is 6.09 Å². The molecule has 1 amide bonds. The van der Waals surface area contributed by atoms with Gasteiger partial charge in [0.25, 0.3) is 0 Å². The van der Waals surface area contributed by atoms with Gasteiger partial charge in [0.15, 0.2) is 0 Å². The summed E-state index contributed by atoms with van der Waals surface area (Å²) in [6, 6.07) is 14.9. The largest absolute Gasteiger partial charge is 0.491 e. The highest BCUT2D eigenvalue weighted by atomic mass is 16.5. The molecule has 2 rings (SSSR count). The number of primary amides is 1. The van der Waals surface area contributed by atoms with Gasteiger partial charge in [-0.2, -0.15) is 0 Å². The lowest BCUT2D eigenvalue weighted by atomic mass is 10.1. The first-order chi connectivity index (χ1) is 9.54. The smallest absolute Gasteiger partial charge is 0.409 e. The Morgan fingerprint density at radius 2 is 1.70 bits per heavy atom. The van der Waals surface area contributed by atoms with Crippen LogP contribution in [0, 0.1) is 0 Å². The molecule has 0 saturated carbocycles. The summed E-state index contributed by atoms with van der Waals surface area (Å²) in [6.45, 7) is 3.97. The van der Waals surface area contributed by atoms with Crippen molar-refractivity contribution in [3.05, 3.63) is 48.5 Å². The number of benzene rings is 2. The monoisotopic (exact) mass is 271 g/mol. The van der Waals surface area contributed by atoms with Crippen LogP contribution >= 0.6 is 0 Å². The zero-order chi connectivity index (χ0) is 14.5. The van der Waals surface area contributed by atoms with Crippen LogP contribution in [0.4, 0.5) is 4.79 Å². The fraction of sp³-hybridized carbons (Fsp3) is 0.188. The van der Waals surface area contributed by atoms with Gasteiger partial charge in [-0.25, -0.2) is 4.79 Å². The number of nitrogens with two attached hydrogens (primary N) is 1. The molecule has 20 heavy (non-hydrogen) atoms. The van der Waals surface area contributed by atoms with E-state index in [0.29, 0.717) is 5.75 Å². The van der Waals surface area contributed by atoms with Crippen molar-refractivity contribution in [2.24, 2.45) is 5.73 Å². The number of ether oxygens (including phenoxy) is 2. The Balaban J connectivity index is 2.20. The second-order valence-corrected chi connectivity index (χ2v) is 4.64. The summed E-state index contributed by atoms with van der Waals surface area (Å²) in [6.07, 6.45) is -0.670. The first-order valence-corrected chi connectivity index (χ1v) is 6.39. The molecule has 0 heterocycles. The van der Waals surface area contributed by atoms with E-state index in [4.69, 9.17) is 15.2 Å². The third-order valence-corrected chi connectivity index (χ3v) is 2.61. The Hall–Kier alpha value is -2.49. The van der Waals surface area contributed by atoms with Gasteiger partial charge in [-0.05, 0) is 49.2 Å². The third-order valence-electron chi connectivity index (χ3n) is 2.61. The van der Waals surface area contributed by atoms with Crippen LogP contribution in [-0.2, 0) is 0 Å². The average Bonchev–Trinajstić information content (AvgIpc) is 2.38. The Morgan fingerprint density at radius 3 is 2.30 bits per heavy atom. The molecule has 0 radical (unpaired) electrons. The molecule has 2 N–H and O–H groups in total. The fourth-order valence-electron chi connectivity index (χ4n) is 1.85. The molecule has 0 aliphatic rings. The minimum absolute atomic E-state index is 0.146. The lowest BCUT2D eigenvalue weighted by Gasteiger charge is -2.10. The molecule has 0 unspecified atom stereocenters. The normalized spacial score (nSPS) is 10.3. The fourth-order valence-corrected chi connectivity index (χ4v) is 1.85. The zero-order valence-corrected chi connectivity index (χ0v) is 11.5. The van der Waals surface area contributed by atoms with Gasteiger partial charge in [0.1, 0.15) is 11.5 Å². The predicted molar refractivity (Wildman–Crippen MR) is 77.9 cm³/mol. The topological polar surface area (TPSA) is 61.6 Å². The standard InChI is InChI=1S/C16H17NO3/c1-11(2)19-14-8-6-12(7-9-14)13-4-3-5-15(10-13)20-16(17)18/h3-11H,1-2H3,(H2,17,18). The first kappa shape index (κ1) is 13.9.